The second-order valence-electron chi connectivity index (χ2n) is 5.94. The molecule has 0 aromatic heterocycles. The van der Waals surface area contributed by atoms with Crippen molar-refractivity contribution < 1.29 is 19.2 Å². The van der Waals surface area contributed by atoms with Crippen molar-refractivity contribution in [3.05, 3.63) is 76.9 Å². The zero-order chi connectivity index (χ0) is 20.1. The molecule has 0 unspecified atom stereocenters. The van der Waals surface area contributed by atoms with Gasteiger partial charge in [-0.1, -0.05) is 6.08 Å². The summed E-state index contributed by atoms with van der Waals surface area (Å²) in [5, 5.41) is 13.4. The lowest BCUT2D eigenvalue weighted by molar-refractivity contribution is -0.384. The molecule has 0 fully saturated rings. The van der Waals surface area contributed by atoms with E-state index in [2.05, 4.69) is 11.9 Å². The van der Waals surface area contributed by atoms with Gasteiger partial charge in [0.2, 0.25) is 5.91 Å². The Labute approximate surface area is 160 Å². The van der Waals surface area contributed by atoms with E-state index >= 15 is 0 Å². The summed E-state index contributed by atoms with van der Waals surface area (Å²) in [6.07, 6.45) is 4.51. The van der Waals surface area contributed by atoms with Gasteiger partial charge >= 0.3 is 0 Å². The minimum absolute atomic E-state index is 0.0142. The first-order valence-electron chi connectivity index (χ1n) is 8.39. The molecule has 2 aromatic rings. The molecule has 1 aliphatic rings. The van der Waals surface area contributed by atoms with Crippen molar-refractivity contribution in [3.8, 4) is 5.75 Å². The SMILES string of the molecule is C=CCN1C(=O)COc2cc(NC(=O)/C=C/c3ccc([N+](=O)[O-])cc3)ccc21. The highest BCUT2D eigenvalue weighted by Gasteiger charge is 2.24. The smallest absolute Gasteiger partial charge is 0.269 e. The topological polar surface area (TPSA) is 102 Å². The van der Waals surface area contributed by atoms with Gasteiger partial charge in [0.25, 0.3) is 11.6 Å². The highest BCUT2D eigenvalue weighted by atomic mass is 16.6. The van der Waals surface area contributed by atoms with Crippen LogP contribution in [0, 0.1) is 10.1 Å². The fourth-order valence-electron chi connectivity index (χ4n) is 2.67. The highest BCUT2D eigenvalue weighted by Crippen LogP contribution is 2.34. The predicted octanol–water partition coefficient (Wildman–Crippen LogP) is 3.16. The molecule has 1 heterocycles. The van der Waals surface area contributed by atoms with Gasteiger partial charge in [0.1, 0.15) is 5.75 Å². The Balaban J connectivity index is 1.68. The fraction of sp³-hybridized carbons (Fsp3) is 0.100. The maximum absolute atomic E-state index is 12.1. The summed E-state index contributed by atoms with van der Waals surface area (Å²) in [6.45, 7) is 3.95. The molecule has 1 aliphatic heterocycles. The number of rotatable bonds is 6. The number of anilines is 2. The van der Waals surface area contributed by atoms with E-state index in [4.69, 9.17) is 4.74 Å². The van der Waals surface area contributed by atoms with Gasteiger partial charge in [-0.2, -0.15) is 0 Å². The molecule has 2 amide bonds. The van der Waals surface area contributed by atoms with Crippen molar-refractivity contribution in [2.45, 2.75) is 0 Å². The minimum Gasteiger partial charge on any atom is -0.481 e. The van der Waals surface area contributed by atoms with Gasteiger partial charge in [-0.25, -0.2) is 0 Å². The van der Waals surface area contributed by atoms with E-state index in [1.54, 1.807) is 47.4 Å². The normalized spacial score (nSPS) is 13.0. The second kappa shape index (κ2) is 8.17. The van der Waals surface area contributed by atoms with E-state index in [0.29, 0.717) is 29.2 Å². The quantitative estimate of drug-likeness (QED) is 0.359. The monoisotopic (exact) mass is 379 g/mol. The largest absolute Gasteiger partial charge is 0.481 e. The summed E-state index contributed by atoms with van der Waals surface area (Å²) >= 11 is 0. The van der Waals surface area contributed by atoms with Gasteiger partial charge in [-0.05, 0) is 35.9 Å². The van der Waals surface area contributed by atoms with Gasteiger partial charge in [0, 0.05) is 36.5 Å². The predicted molar refractivity (Wildman–Crippen MR) is 105 cm³/mol. The molecular formula is C20H17N3O5. The molecule has 8 nitrogen and oxygen atoms in total. The zero-order valence-electron chi connectivity index (χ0n) is 14.8. The van der Waals surface area contributed by atoms with E-state index < -0.39 is 4.92 Å². The number of carbonyl (C=O) groups excluding carboxylic acids is 2. The molecule has 8 heteroatoms. The van der Waals surface area contributed by atoms with Crippen molar-refractivity contribution in [1.29, 1.82) is 0 Å². The number of hydrogen-bond acceptors (Lipinski definition) is 5. The maximum atomic E-state index is 12.1. The van der Waals surface area contributed by atoms with Crippen LogP contribution >= 0.6 is 0 Å². The molecule has 3 rings (SSSR count). The van der Waals surface area contributed by atoms with E-state index in [1.165, 1.54) is 18.2 Å². The molecule has 2 aromatic carbocycles. The summed E-state index contributed by atoms with van der Waals surface area (Å²) in [4.78, 5) is 35.8. The van der Waals surface area contributed by atoms with Crippen LogP contribution in [0.4, 0.5) is 17.1 Å². The van der Waals surface area contributed by atoms with Crippen LogP contribution in [-0.4, -0.2) is 29.9 Å². The standard InChI is InChI=1S/C20H17N3O5/c1-2-11-22-17-9-6-15(12-18(17)28-13-20(22)25)21-19(24)10-5-14-3-7-16(8-4-14)23(26)27/h2-10,12H,1,11,13H2,(H,21,24)/b10-5+. The number of fused-ring (bicyclic) bond motifs is 1. The first kappa shape index (κ1) is 18.8. The van der Waals surface area contributed by atoms with Crippen LogP contribution in [0.25, 0.3) is 6.08 Å². The average molecular weight is 379 g/mol. The van der Waals surface area contributed by atoms with Gasteiger partial charge in [0.05, 0.1) is 10.6 Å². The number of amides is 2. The number of non-ortho nitro benzene ring substituents is 1. The molecule has 28 heavy (non-hydrogen) atoms. The van der Waals surface area contributed by atoms with Crippen molar-refractivity contribution in [2.75, 3.05) is 23.4 Å². The van der Waals surface area contributed by atoms with Crippen molar-refractivity contribution in [3.63, 3.8) is 0 Å². The van der Waals surface area contributed by atoms with Crippen LogP contribution in [-0.2, 0) is 9.59 Å². The lowest BCUT2D eigenvalue weighted by Gasteiger charge is -2.28. The van der Waals surface area contributed by atoms with Crippen LogP contribution < -0.4 is 15.0 Å². The van der Waals surface area contributed by atoms with E-state index in [9.17, 15) is 19.7 Å². The summed E-state index contributed by atoms with van der Waals surface area (Å²) in [5.41, 5.74) is 1.79. The molecule has 0 saturated heterocycles. The molecule has 0 aliphatic carbocycles. The van der Waals surface area contributed by atoms with Crippen molar-refractivity contribution >= 4 is 35.0 Å². The number of nitro benzene ring substituents is 1. The van der Waals surface area contributed by atoms with E-state index in [0.717, 1.165) is 0 Å². The lowest BCUT2D eigenvalue weighted by Crippen LogP contribution is -2.38. The number of nitrogens with one attached hydrogen (secondary N) is 1. The third-order valence-corrected chi connectivity index (χ3v) is 4.01. The van der Waals surface area contributed by atoms with Crippen LogP contribution in [0.5, 0.6) is 5.75 Å². The number of nitro groups is 1. The number of nitrogens with zero attached hydrogens (tertiary/aromatic N) is 2. The molecule has 0 spiro atoms. The van der Waals surface area contributed by atoms with Crippen LogP contribution in [0.15, 0.2) is 61.2 Å². The van der Waals surface area contributed by atoms with E-state index in [1.807, 2.05) is 0 Å². The van der Waals surface area contributed by atoms with Crippen LogP contribution in [0.2, 0.25) is 0 Å². The molecule has 0 bridgehead atoms. The van der Waals surface area contributed by atoms with Crippen LogP contribution in [0.1, 0.15) is 5.56 Å². The Morgan fingerprint density at radius 3 is 2.71 bits per heavy atom. The molecule has 1 N–H and O–H groups in total. The molecule has 0 radical (unpaired) electrons. The Hall–Kier alpha value is -3.94. The Morgan fingerprint density at radius 1 is 1.29 bits per heavy atom. The van der Waals surface area contributed by atoms with E-state index in [-0.39, 0.29) is 24.1 Å². The lowest BCUT2D eigenvalue weighted by atomic mass is 10.2. The number of benzene rings is 2. The fourth-order valence-corrected chi connectivity index (χ4v) is 2.67. The van der Waals surface area contributed by atoms with Crippen LogP contribution in [0.3, 0.4) is 0 Å². The minimum atomic E-state index is -0.484. The first-order chi connectivity index (χ1) is 13.5. The zero-order valence-corrected chi connectivity index (χ0v) is 14.8. The highest BCUT2D eigenvalue weighted by molar-refractivity contribution is 6.03. The maximum Gasteiger partial charge on any atom is 0.269 e. The third kappa shape index (κ3) is 4.24. The van der Waals surface area contributed by atoms with Gasteiger partial charge in [-0.15, -0.1) is 6.58 Å². The van der Waals surface area contributed by atoms with Crippen molar-refractivity contribution in [2.24, 2.45) is 0 Å². The number of hydrogen-bond donors (Lipinski definition) is 1. The molecule has 142 valence electrons. The number of ether oxygens (including phenoxy) is 1. The Bertz CT molecular complexity index is 966. The molecule has 0 atom stereocenters. The Kier molecular flexibility index (Phi) is 5.50. The Morgan fingerprint density at radius 2 is 2.04 bits per heavy atom. The second-order valence-corrected chi connectivity index (χ2v) is 5.94. The molecular weight excluding hydrogens is 362 g/mol. The molecule has 0 saturated carbocycles. The van der Waals surface area contributed by atoms with Gasteiger partial charge in [-0.3, -0.25) is 19.7 Å². The third-order valence-electron chi connectivity index (χ3n) is 4.01. The van der Waals surface area contributed by atoms with Gasteiger partial charge < -0.3 is 15.0 Å². The van der Waals surface area contributed by atoms with Gasteiger partial charge in [0.15, 0.2) is 6.61 Å². The summed E-state index contributed by atoms with van der Waals surface area (Å²) in [7, 11) is 0. The first-order valence-corrected chi connectivity index (χ1v) is 8.39. The summed E-state index contributed by atoms with van der Waals surface area (Å²) < 4.78 is 5.44. The average Bonchev–Trinajstić information content (AvgIpc) is 2.69. The summed E-state index contributed by atoms with van der Waals surface area (Å²) in [6, 6.07) is 10.9. The summed E-state index contributed by atoms with van der Waals surface area (Å²) in [5.74, 6) is -0.0260. The van der Waals surface area contributed by atoms with Crippen molar-refractivity contribution in [1.82, 2.24) is 0 Å². The number of carbonyl (C=O) groups is 2.